The molecule has 0 spiro atoms. The van der Waals surface area contributed by atoms with E-state index in [0.717, 1.165) is 37.7 Å². The van der Waals surface area contributed by atoms with Crippen LogP contribution in [0.4, 0.5) is 4.79 Å². The molecule has 3 fully saturated rings. The molecule has 0 unspecified atom stereocenters. The predicted molar refractivity (Wildman–Crippen MR) is 176 cm³/mol. The second-order valence-corrected chi connectivity index (χ2v) is 13.2. The number of hydrogen-bond donors (Lipinski definition) is 3. The van der Waals surface area contributed by atoms with Crippen molar-refractivity contribution in [2.24, 2.45) is 11.8 Å². The third-order valence-corrected chi connectivity index (χ3v) is 9.77. The van der Waals surface area contributed by atoms with Gasteiger partial charge in [0.05, 0.1) is 38.3 Å². The smallest absolute Gasteiger partial charge is 0.410 e. The van der Waals surface area contributed by atoms with Gasteiger partial charge in [0.1, 0.15) is 18.2 Å². The molecular formula is C35H50N6O7. The van der Waals surface area contributed by atoms with Crippen LogP contribution in [0, 0.1) is 11.8 Å². The monoisotopic (exact) mass is 666 g/mol. The molecular weight excluding hydrogens is 616 g/mol. The standard InChI is InChI=1S/C35H50N6O7/c1-2-39-24-30(48-35(39)46)32(43)28(21-26-12-7-4-8-13-26)37-34(45)29(23-41-15-9-14-36-41)38-33(44)27(20-25-10-5-3-6-11-25)22-31(42)40-16-18-47-19-17-40/h3,5-6,9-11,14-15,26-30,32,43H,2,4,7-8,12-13,16-24H2,1H3,(H,37,45)(H,38,44)/t27-,28+,29+,30+,32-/m1/s1. The van der Waals surface area contributed by atoms with E-state index in [9.17, 15) is 24.3 Å². The minimum absolute atomic E-state index is 0.0131. The molecule has 0 radical (unpaired) electrons. The number of rotatable bonds is 15. The fourth-order valence-electron chi connectivity index (χ4n) is 6.97. The number of cyclic esters (lactones) is 1. The minimum Gasteiger partial charge on any atom is -0.441 e. The molecule has 4 amide bonds. The van der Waals surface area contributed by atoms with E-state index in [-0.39, 0.29) is 25.4 Å². The highest BCUT2D eigenvalue weighted by atomic mass is 16.6. The molecule has 3 N–H and O–H groups in total. The maximum Gasteiger partial charge on any atom is 0.410 e. The van der Waals surface area contributed by atoms with Gasteiger partial charge in [0.25, 0.3) is 0 Å². The van der Waals surface area contributed by atoms with Crippen LogP contribution < -0.4 is 10.6 Å². The van der Waals surface area contributed by atoms with Gasteiger partial charge in [-0.25, -0.2) is 4.79 Å². The zero-order chi connectivity index (χ0) is 33.9. The molecule has 0 bridgehead atoms. The molecule has 1 aromatic carbocycles. The second-order valence-electron chi connectivity index (χ2n) is 13.2. The molecule has 262 valence electrons. The average Bonchev–Trinajstić information content (AvgIpc) is 3.77. The van der Waals surface area contributed by atoms with Crippen LogP contribution >= 0.6 is 0 Å². The number of nitrogens with one attached hydrogen (secondary N) is 2. The topological polar surface area (TPSA) is 155 Å². The average molecular weight is 667 g/mol. The van der Waals surface area contributed by atoms with Crippen molar-refractivity contribution in [2.75, 3.05) is 39.4 Å². The zero-order valence-electron chi connectivity index (χ0n) is 27.9. The number of hydrogen-bond acceptors (Lipinski definition) is 8. The number of carbonyl (C=O) groups excluding carboxylic acids is 4. The Hall–Kier alpha value is -3.97. The van der Waals surface area contributed by atoms with E-state index in [0.29, 0.717) is 51.6 Å². The summed E-state index contributed by atoms with van der Waals surface area (Å²) >= 11 is 0. The van der Waals surface area contributed by atoms with E-state index in [1.165, 1.54) is 4.90 Å². The van der Waals surface area contributed by atoms with Crippen LogP contribution in [0.5, 0.6) is 0 Å². The van der Waals surface area contributed by atoms with Crippen molar-refractivity contribution in [1.82, 2.24) is 30.2 Å². The summed E-state index contributed by atoms with van der Waals surface area (Å²) in [6, 6.07) is 9.50. The molecule has 1 saturated carbocycles. The Morgan fingerprint density at radius 3 is 2.44 bits per heavy atom. The van der Waals surface area contributed by atoms with E-state index < -0.39 is 48.1 Å². The number of benzene rings is 1. The van der Waals surface area contributed by atoms with Crippen LogP contribution in [0.25, 0.3) is 0 Å². The lowest BCUT2D eigenvalue weighted by atomic mass is 9.83. The van der Waals surface area contributed by atoms with E-state index in [4.69, 9.17) is 9.47 Å². The molecule has 1 aliphatic carbocycles. The summed E-state index contributed by atoms with van der Waals surface area (Å²) in [4.78, 5) is 57.1. The number of aromatic nitrogens is 2. The Balaban J connectivity index is 1.34. The Kier molecular flexibility index (Phi) is 12.8. The van der Waals surface area contributed by atoms with Crippen molar-refractivity contribution >= 4 is 23.8 Å². The molecule has 1 aromatic heterocycles. The van der Waals surface area contributed by atoms with Crippen molar-refractivity contribution in [3.05, 3.63) is 54.4 Å². The van der Waals surface area contributed by atoms with Crippen molar-refractivity contribution < 1.29 is 33.8 Å². The largest absolute Gasteiger partial charge is 0.441 e. The van der Waals surface area contributed by atoms with Crippen LogP contribution in [-0.4, -0.2) is 112 Å². The number of ether oxygens (including phenoxy) is 2. The highest BCUT2D eigenvalue weighted by Gasteiger charge is 2.41. The molecule has 2 aromatic rings. The Morgan fingerprint density at radius 2 is 1.77 bits per heavy atom. The van der Waals surface area contributed by atoms with Gasteiger partial charge in [-0.15, -0.1) is 0 Å². The molecule has 13 heteroatoms. The summed E-state index contributed by atoms with van der Waals surface area (Å²) in [6.07, 6.45) is 7.09. The quantitative estimate of drug-likeness (QED) is 0.261. The third-order valence-electron chi connectivity index (χ3n) is 9.77. The Labute approximate surface area is 282 Å². The van der Waals surface area contributed by atoms with Crippen LogP contribution in [0.15, 0.2) is 48.8 Å². The molecule has 5 rings (SSSR count). The fourth-order valence-corrected chi connectivity index (χ4v) is 6.97. The zero-order valence-corrected chi connectivity index (χ0v) is 27.9. The van der Waals surface area contributed by atoms with Gasteiger partial charge in [0.2, 0.25) is 17.7 Å². The van der Waals surface area contributed by atoms with Crippen molar-refractivity contribution in [2.45, 2.75) is 89.1 Å². The summed E-state index contributed by atoms with van der Waals surface area (Å²) < 4.78 is 12.5. The van der Waals surface area contributed by atoms with Crippen LogP contribution in [0.3, 0.4) is 0 Å². The maximum absolute atomic E-state index is 14.1. The van der Waals surface area contributed by atoms with Gasteiger partial charge in [0, 0.05) is 38.4 Å². The van der Waals surface area contributed by atoms with Gasteiger partial charge in [-0.05, 0) is 37.3 Å². The number of likely N-dealkylation sites (N-methyl/N-ethyl adjacent to an activating group) is 1. The van der Waals surface area contributed by atoms with E-state index >= 15 is 0 Å². The molecule has 5 atom stereocenters. The molecule has 13 nitrogen and oxygen atoms in total. The number of morpholine rings is 1. The number of aliphatic hydroxyl groups excluding tert-OH is 1. The van der Waals surface area contributed by atoms with Crippen molar-refractivity contribution in [3.63, 3.8) is 0 Å². The lowest BCUT2D eigenvalue weighted by Gasteiger charge is -2.33. The summed E-state index contributed by atoms with van der Waals surface area (Å²) in [5.41, 5.74) is 0.906. The lowest BCUT2D eigenvalue weighted by molar-refractivity contribution is -0.140. The predicted octanol–water partition coefficient (Wildman–Crippen LogP) is 2.13. The van der Waals surface area contributed by atoms with E-state index in [2.05, 4.69) is 15.7 Å². The number of nitrogens with zero attached hydrogens (tertiary/aromatic N) is 4. The fraction of sp³-hybridized carbons (Fsp3) is 0.629. The van der Waals surface area contributed by atoms with Crippen molar-refractivity contribution in [3.8, 4) is 0 Å². The lowest BCUT2D eigenvalue weighted by Crippen LogP contribution is -2.57. The second kappa shape index (κ2) is 17.4. The van der Waals surface area contributed by atoms with Gasteiger partial charge in [-0.3, -0.25) is 19.1 Å². The van der Waals surface area contributed by atoms with Crippen molar-refractivity contribution in [1.29, 1.82) is 0 Å². The first kappa shape index (κ1) is 35.3. The first-order valence-corrected chi connectivity index (χ1v) is 17.4. The Bertz CT molecular complexity index is 1330. The third kappa shape index (κ3) is 9.79. The summed E-state index contributed by atoms with van der Waals surface area (Å²) in [7, 11) is 0. The van der Waals surface area contributed by atoms with Crippen LogP contribution in [0.1, 0.15) is 57.4 Å². The van der Waals surface area contributed by atoms with Gasteiger partial charge in [-0.2, -0.15) is 5.10 Å². The van der Waals surface area contributed by atoms with E-state index in [1.807, 2.05) is 37.3 Å². The Morgan fingerprint density at radius 1 is 1.02 bits per heavy atom. The van der Waals surface area contributed by atoms with Gasteiger partial charge in [-0.1, -0.05) is 62.4 Å². The van der Waals surface area contributed by atoms with E-state index in [1.54, 1.807) is 28.0 Å². The summed E-state index contributed by atoms with van der Waals surface area (Å²) in [5.74, 6) is -1.45. The summed E-state index contributed by atoms with van der Waals surface area (Å²) in [6.45, 7) is 4.44. The molecule has 2 aliphatic heterocycles. The van der Waals surface area contributed by atoms with Gasteiger partial charge in [0.15, 0.2) is 0 Å². The highest BCUT2D eigenvalue weighted by Crippen LogP contribution is 2.29. The highest BCUT2D eigenvalue weighted by molar-refractivity contribution is 5.91. The van der Waals surface area contributed by atoms with Crippen LogP contribution in [0.2, 0.25) is 0 Å². The molecule has 3 heterocycles. The number of carbonyl (C=O) groups is 4. The number of aliphatic hydroxyl groups is 1. The normalized spacial score (nSPS) is 21.2. The molecule has 48 heavy (non-hydrogen) atoms. The van der Waals surface area contributed by atoms with Gasteiger partial charge < -0.3 is 35.0 Å². The molecule has 3 aliphatic rings. The minimum atomic E-state index is -1.13. The molecule has 2 saturated heterocycles. The first-order chi connectivity index (χ1) is 23.3. The first-order valence-electron chi connectivity index (χ1n) is 17.4. The SMILES string of the molecule is CCN1C[C@@H]([C@H](O)[C@H](CC2CCCCC2)NC(=O)[C@H](Cn2cccn2)NC(=O)[C@@H](CC(=O)N2CCOCC2)Cc2ccccc2)OC1=O. The van der Waals surface area contributed by atoms with Gasteiger partial charge >= 0.3 is 6.09 Å². The van der Waals surface area contributed by atoms with Crippen LogP contribution in [-0.2, 0) is 36.8 Å². The maximum atomic E-state index is 14.1. The number of amides is 4. The summed E-state index contributed by atoms with van der Waals surface area (Å²) in [5, 5.41) is 21.8.